The van der Waals surface area contributed by atoms with E-state index >= 15 is 0 Å². The molecule has 3 heteroatoms. The van der Waals surface area contributed by atoms with Crippen molar-refractivity contribution in [3.8, 4) is 0 Å². The van der Waals surface area contributed by atoms with E-state index in [4.69, 9.17) is 5.73 Å². The molecule has 1 saturated carbocycles. The van der Waals surface area contributed by atoms with Gasteiger partial charge < -0.3 is 5.73 Å². The van der Waals surface area contributed by atoms with Crippen molar-refractivity contribution >= 4 is 5.69 Å². The number of H-pyrrole nitrogens is 1. The number of hydrogen-bond donors (Lipinski definition) is 2. The van der Waals surface area contributed by atoms with Crippen LogP contribution < -0.4 is 5.73 Å². The van der Waals surface area contributed by atoms with Gasteiger partial charge in [-0.1, -0.05) is 19.3 Å². The molecule has 1 aliphatic rings. The molecular weight excluding hydrogens is 150 g/mol. The highest BCUT2D eigenvalue weighted by Gasteiger charge is 2.19. The highest BCUT2D eigenvalue weighted by molar-refractivity contribution is 5.42. The van der Waals surface area contributed by atoms with Crippen molar-refractivity contribution in [3.05, 3.63) is 11.9 Å². The molecular formula is C9H15N3. The van der Waals surface area contributed by atoms with Gasteiger partial charge in [-0.3, -0.25) is 5.10 Å². The lowest BCUT2D eigenvalue weighted by molar-refractivity contribution is 0.437. The highest BCUT2D eigenvalue weighted by atomic mass is 15.1. The van der Waals surface area contributed by atoms with Crippen molar-refractivity contribution in [3.63, 3.8) is 0 Å². The number of rotatable bonds is 1. The first-order valence-corrected chi connectivity index (χ1v) is 4.67. The Labute approximate surface area is 72.4 Å². The molecule has 3 N–H and O–H groups in total. The highest BCUT2D eigenvalue weighted by Crippen LogP contribution is 2.33. The summed E-state index contributed by atoms with van der Waals surface area (Å²) < 4.78 is 0. The average Bonchev–Trinajstić information content (AvgIpc) is 2.53. The summed E-state index contributed by atoms with van der Waals surface area (Å²) in [6.07, 6.45) is 8.34. The largest absolute Gasteiger partial charge is 0.396 e. The van der Waals surface area contributed by atoms with E-state index < -0.39 is 0 Å². The van der Waals surface area contributed by atoms with Crippen molar-refractivity contribution < 1.29 is 0 Å². The van der Waals surface area contributed by atoms with E-state index in [9.17, 15) is 0 Å². The summed E-state index contributed by atoms with van der Waals surface area (Å²) in [6, 6.07) is 0. The van der Waals surface area contributed by atoms with Crippen LogP contribution in [0.15, 0.2) is 6.20 Å². The van der Waals surface area contributed by atoms with Gasteiger partial charge in [0.05, 0.1) is 11.4 Å². The van der Waals surface area contributed by atoms with Crippen molar-refractivity contribution in [2.45, 2.75) is 38.0 Å². The topological polar surface area (TPSA) is 54.7 Å². The molecule has 0 amide bonds. The third-order valence-electron chi connectivity index (χ3n) is 2.69. The van der Waals surface area contributed by atoms with Crippen LogP contribution in [0.25, 0.3) is 0 Å². The fourth-order valence-electron chi connectivity index (χ4n) is 2.01. The number of nitrogen functional groups attached to an aromatic ring is 1. The summed E-state index contributed by atoms with van der Waals surface area (Å²) in [5, 5.41) is 7.01. The van der Waals surface area contributed by atoms with Crippen LogP contribution >= 0.6 is 0 Å². The Bertz CT molecular complexity index is 248. The summed E-state index contributed by atoms with van der Waals surface area (Å²) in [5.74, 6) is 0.616. The van der Waals surface area contributed by atoms with E-state index in [1.54, 1.807) is 6.20 Å². The summed E-state index contributed by atoms with van der Waals surface area (Å²) in [7, 11) is 0. The monoisotopic (exact) mass is 165 g/mol. The molecule has 0 unspecified atom stereocenters. The third kappa shape index (κ3) is 1.31. The summed E-state index contributed by atoms with van der Waals surface area (Å²) in [6.45, 7) is 0. The Morgan fingerprint density at radius 1 is 1.33 bits per heavy atom. The zero-order valence-electron chi connectivity index (χ0n) is 7.21. The maximum absolute atomic E-state index is 5.78. The van der Waals surface area contributed by atoms with Gasteiger partial charge in [-0.05, 0) is 12.8 Å². The van der Waals surface area contributed by atoms with Gasteiger partial charge in [0.1, 0.15) is 0 Å². The van der Waals surface area contributed by atoms with Crippen LogP contribution in [0.5, 0.6) is 0 Å². The lowest BCUT2D eigenvalue weighted by Gasteiger charge is -2.19. The van der Waals surface area contributed by atoms with Crippen LogP contribution in [0.2, 0.25) is 0 Å². The minimum absolute atomic E-state index is 0.616. The predicted molar refractivity (Wildman–Crippen MR) is 48.8 cm³/mol. The molecule has 3 nitrogen and oxygen atoms in total. The SMILES string of the molecule is Nc1c[nH]nc1C1CCCCC1. The van der Waals surface area contributed by atoms with Crippen LogP contribution in [0, 0.1) is 0 Å². The van der Waals surface area contributed by atoms with Gasteiger partial charge in [-0.25, -0.2) is 0 Å². The van der Waals surface area contributed by atoms with Crippen molar-refractivity contribution in [1.29, 1.82) is 0 Å². The first-order chi connectivity index (χ1) is 5.88. The third-order valence-corrected chi connectivity index (χ3v) is 2.69. The smallest absolute Gasteiger partial charge is 0.0882 e. The Balaban J connectivity index is 2.13. The van der Waals surface area contributed by atoms with Crippen LogP contribution in [-0.4, -0.2) is 10.2 Å². The zero-order chi connectivity index (χ0) is 8.39. The Kier molecular flexibility index (Phi) is 2.02. The molecule has 1 fully saturated rings. The van der Waals surface area contributed by atoms with Crippen molar-refractivity contribution in [1.82, 2.24) is 10.2 Å². The predicted octanol–water partition coefficient (Wildman–Crippen LogP) is 2.04. The standard InChI is InChI=1S/C9H15N3/c10-8-6-11-12-9(8)7-4-2-1-3-5-7/h6-7H,1-5,10H2,(H,11,12). The quantitative estimate of drug-likeness (QED) is 0.669. The number of anilines is 1. The molecule has 2 rings (SSSR count). The molecule has 0 bridgehead atoms. The Morgan fingerprint density at radius 3 is 2.67 bits per heavy atom. The van der Waals surface area contributed by atoms with Gasteiger partial charge in [0.25, 0.3) is 0 Å². The minimum atomic E-state index is 0.616. The van der Waals surface area contributed by atoms with Crippen LogP contribution in [0.1, 0.15) is 43.7 Å². The van der Waals surface area contributed by atoms with Gasteiger partial charge in [0.15, 0.2) is 0 Å². The fourth-order valence-corrected chi connectivity index (χ4v) is 2.01. The van der Waals surface area contributed by atoms with E-state index in [1.807, 2.05) is 0 Å². The van der Waals surface area contributed by atoms with Crippen molar-refractivity contribution in [2.24, 2.45) is 0 Å². The molecule has 1 heterocycles. The second-order valence-corrected chi connectivity index (χ2v) is 3.56. The second kappa shape index (κ2) is 3.17. The van der Waals surface area contributed by atoms with Crippen molar-refractivity contribution in [2.75, 3.05) is 5.73 Å². The fraction of sp³-hybridized carbons (Fsp3) is 0.667. The summed E-state index contributed by atoms with van der Waals surface area (Å²) in [4.78, 5) is 0. The minimum Gasteiger partial charge on any atom is -0.396 e. The Morgan fingerprint density at radius 2 is 2.08 bits per heavy atom. The molecule has 1 aliphatic carbocycles. The van der Waals surface area contributed by atoms with E-state index in [1.165, 1.54) is 32.1 Å². The van der Waals surface area contributed by atoms with E-state index in [0.717, 1.165) is 11.4 Å². The average molecular weight is 165 g/mol. The maximum Gasteiger partial charge on any atom is 0.0882 e. The molecule has 66 valence electrons. The zero-order valence-corrected chi connectivity index (χ0v) is 7.21. The number of aromatic amines is 1. The molecule has 0 spiro atoms. The molecule has 1 aromatic rings. The van der Waals surface area contributed by atoms with Gasteiger partial charge in [-0.2, -0.15) is 5.10 Å². The molecule has 0 aliphatic heterocycles. The molecule has 0 atom stereocenters. The van der Waals surface area contributed by atoms with Crippen LogP contribution in [-0.2, 0) is 0 Å². The molecule has 0 saturated heterocycles. The van der Waals surface area contributed by atoms with Gasteiger partial charge in [0.2, 0.25) is 0 Å². The van der Waals surface area contributed by atoms with E-state index in [0.29, 0.717) is 5.92 Å². The Hall–Kier alpha value is -0.990. The number of nitrogens with one attached hydrogen (secondary N) is 1. The first-order valence-electron chi connectivity index (χ1n) is 4.67. The normalized spacial score (nSPS) is 19.7. The molecule has 12 heavy (non-hydrogen) atoms. The second-order valence-electron chi connectivity index (χ2n) is 3.56. The molecule has 0 radical (unpaired) electrons. The van der Waals surface area contributed by atoms with E-state index in [-0.39, 0.29) is 0 Å². The van der Waals surface area contributed by atoms with Gasteiger partial charge in [-0.15, -0.1) is 0 Å². The first kappa shape index (κ1) is 7.65. The lowest BCUT2D eigenvalue weighted by Crippen LogP contribution is -2.06. The van der Waals surface area contributed by atoms with Gasteiger partial charge in [0, 0.05) is 12.1 Å². The van der Waals surface area contributed by atoms with Crippen LogP contribution in [0.3, 0.4) is 0 Å². The molecule has 1 aromatic heterocycles. The number of hydrogen-bond acceptors (Lipinski definition) is 2. The number of nitrogens with two attached hydrogens (primary N) is 1. The summed E-state index contributed by atoms with van der Waals surface area (Å²) >= 11 is 0. The number of nitrogens with zero attached hydrogens (tertiary/aromatic N) is 1. The lowest BCUT2D eigenvalue weighted by atomic mass is 9.86. The van der Waals surface area contributed by atoms with Crippen LogP contribution in [0.4, 0.5) is 5.69 Å². The molecule has 0 aromatic carbocycles. The number of aromatic nitrogens is 2. The summed E-state index contributed by atoms with van der Waals surface area (Å²) in [5.41, 5.74) is 7.71. The van der Waals surface area contributed by atoms with E-state index in [2.05, 4.69) is 10.2 Å². The maximum atomic E-state index is 5.78. The van der Waals surface area contributed by atoms with Gasteiger partial charge >= 0.3 is 0 Å².